The molecule has 20 heavy (non-hydrogen) atoms. The molecule has 4 N–H and O–H groups in total. The summed E-state index contributed by atoms with van der Waals surface area (Å²) in [6.07, 6.45) is 8.28. The van der Waals surface area contributed by atoms with Crippen molar-refractivity contribution in [3.63, 3.8) is 0 Å². The molecule has 1 aromatic rings. The Balaban J connectivity index is 1.52. The number of aromatic amines is 1. The summed E-state index contributed by atoms with van der Waals surface area (Å²) in [7, 11) is 0. The predicted molar refractivity (Wildman–Crippen MR) is 76.2 cm³/mol. The number of rotatable bonds is 3. The van der Waals surface area contributed by atoms with Gasteiger partial charge in [0.1, 0.15) is 0 Å². The van der Waals surface area contributed by atoms with Gasteiger partial charge in [-0.3, -0.25) is 0 Å². The molecule has 0 aromatic carbocycles. The molecule has 6 heteroatoms. The van der Waals surface area contributed by atoms with Gasteiger partial charge in [0.15, 0.2) is 11.6 Å². The molecule has 4 aliphatic carbocycles. The third-order valence-corrected chi connectivity index (χ3v) is 5.52. The molecule has 0 saturated heterocycles. The van der Waals surface area contributed by atoms with Gasteiger partial charge >= 0.3 is 5.69 Å². The van der Waals surface area contributed by atoms with Crippen LogP contribution in [-0.4, -0.2) is 21.7 Å². The minimum atomic E-state index is -0.452. The van der Waals surface area contributed by atoms with Crippen LogP contribution in [0.5, 0.6) is 0 Å². The van der Waals surface area contributed by atoms with Gasteiger partial charge in [0.25, 0.3) is 0 Å². The standard InChI is InChI=1S/C14H21N5O/c15-11-12(17-13(20)19-18-11)16-7-14-4-8-1-9(5-14)3-10(2-8)6-14/h8-10H,1-7H2,(H2,15,18)(H2,16,17,19,20). The average molecular weight is 275 g/mol. The quantitative estimate of drug-likeness (QED) is 0.774. The maximum atomic E-state index is 11.2. The summed E-state index contributed by atoms with van der Waals surface area (Å²) in [5.74, 6) is 3.47. The Kier molecular flexibility index (Phi) is 2.56. The van der Waals surface area contributed by atoms with Gasteiger partial charge in [-0.1, -0.05) is 0 Å². The van der Waals surface area contributed by atoms with Gasteiger partial charge in [-0.2, -0.15) is 4.98 Å². The van der Waals surface area contributed by atoms with E-state index in [0.29, 0.717) is 11.2 Å². The molecular weight excluding hydrogens is 254 g/mol. The van der Waals surface area contributed by atoms with Crippen LogP contribution in [0.3, 0.4) is 0 Å². The van der Waals surface area contributed by atoms with E-state index < -0.39 is 5.69 Å². The van der Waals surface area contributed by atoms with Crippen LogP contribution in [0.25, 0.3) is 0 Å². The second-order valence-electron chi connectivity index (χ2n) is 7.15. The summed E-state index contributed by atoms with van der Waals surface area (Å²) in [4.78, 5) is 15.1. The molecule has 0 spiro atoms. The van der Waals surface area contributed by atoms with Crippen LogP contribution < -0.4 is 16.7 Å². The van der Waals surface area contributed by atoms with Crippen LogP contribution in [-0.2, 0) is 0 Å². The van der Waals surface area contributed by atoms with Gasteiger partial charge in [-0.05, 0) is 61.7 Å². The van der Waals surface area contributed by atoms with Crippen molar-refractivity contribution in [1.29, 1.82) is 0 Å². The first-order valence-corrected chi connectivity index (χ1v) is 7.58. The second kappa shape index (κ2) is 4.20. The van der Waals surface area contributed by atoms with E-state index in [0.717, 1.165) is 24.3 Å². The highest BCUT2D eigenvalue weighted by molar-refractivity contribution is 5.54. The molecule has 108 valence electrons. The van der Waals surface area contributed by atoms with E-state index in [9.17, 15) is 4.79 Å². The first-order chi connectivity index (χ1) is 9.62. The predicted octanol–water partition coefficient (Wildman–Crippen LogP) is 1.38. The van der Waals surface area contributed by atoms with Crippen LogP contribution in [0.4, 0.5) is 11.6 Å². The van der Waals surface area contributed by atoms with E-state index in [-0.39, 0.29) is 5.82 Å². The van der Waals surface area contributed by atoms with Gasteiger partial charge < -0.3 is 11.1 Å². The number of anilines is 2. The fraction of sp³-hybridized carbons (Fsp3) is 0.786. The second-order valence-corrected chi connectivity index (χ2v) is 7.15. The summed E-state index contributed by atoms with van der Waals surface area (Å²) in [5.41, 5.74) is 5.70. The van der Waals surface area contributed by atoms with Gasteiger partial charge in [-0.15, -0.1) is 5.10 Å². The van der Waals surface area contributed by atoms with Crippen molar-refractivity contribution in [2.45, 2.75) is 38.5 Å². The van der Waals surface area contributed by atoms with E-state index in [1.165, 1.54) is 38.5 Å². The Morgan fingerprint density at radius 1 is 1.20 bits per heavy atom. The summed E-state index contributed by atoms with van der Waals surface area (Å²) < 4.78 is 0. The molecular formula is C14H21N5O. The first kappa shape index (κ1) is 12.2. The van der Waals surface area contributed by atoms with Crippen LogP contribution in [0, 0.1) is 23.2 Å². The van der Waals surface area contributed by atoms with Crippen molar-refractivity contribution in [1.82, 2.24) is 15.2 Å². The number of aromatic nitrogens is 3. The monoisotopic (exact) mass is 275 g/mol. The molecule has 0 radical (unpaired) electrons. The normalized spacial score (nSPS) is 38.1. The number of hydrogen-bond acceptors (Lipinski definition) is 5. The molecule has 4 aliphatic rings. The highest BCUT2D eigenvalue weighted by Crippen LogP contribution is 2.59. The highest BCUT2D eigenvalue weighted by atomic mass is 16.1. The molecule has 4 fully saturated rings. The van der Waals surface area contributed by atoms with Gasteiger partial charge in [0, 0.05) is 6.54 Å². The van der Waals surface area contributed by atoms with Crippen molar-refractivity contribution < 1.29 is 0 Å². The number of H-pyrrole nitrogens is 1. The smallest absolute Gasteiger partial charge is 0.363 e. The van der Waals surface area contributed by atoms with Crippen LogP contribution in [0.1, 0.15) is 38.5 Å². The molecule has 0 unspecified atom stereocenters. The molecule has 5 rings (SSSR count). The molecule has 4 saturated carbocycles. The Morgan fingerprint density at radius 3 is 2.40 bits per heavy atom. The van der Waals surface area contributed by atoms with Crippen LogP contribution >= 0.6 is 0 Å². The van der Waals surface area contributed by atoms with Crippen molar-refractivity contribution >= 4 is 11.6 Å². The lowest BCUT2D eigenvalue weighted by Crippen LogP contribution is -2.49. The Labute approximate surface area is 117 Å². The maximum Gasteiger partial charge on any atom is 0.363 e. The van der Waals surface area contributed by atoms with Gasteiger partial charge in [0.2, 0.25) is 0 Å². The minimum Gasteiger partial charge on any atom is -0.379 e. The molecule has 6 nitrogen and oxygen atoms in total. The Hall–Kier alpha value is -1.59. The van der Waals surface area contributed by atoms with E-state index in [1.54, 1.807) is 0 Å². The number of nitrogens with two attached hydrogens (primary N) is 1. The Bertz CT molecular complexity index is 546. The zero-order chi connectivity index (χ0) is 13.7. The lowest BCUT2D eigenvalue weighted by molar-refractivity contribution is -0.0444. The third-order valence-electron chi connectivity index (χ3n) is 5.52. The van der Waals surface area contributed by atoms with Gasteiger partial charge in [-0.25, -0.2) is 9.89 Å². The lowest BCUT2D eigenvalue weighted by Gasteiger charge is -2.57. The van der Waals surface area contributed by atoms with Gasteiger partial charge in [0.05, 0.1) is 0 Å². The number of hydrogen-bond donors (Lipinski definition) is 3. The third kappa shape index (κ3) is 1.98. The van der Waals surface area contributed by atoms with E-state index in [4.69, 9.17) is 5.73 Å². The molecule has 1 aromatic heterocycles. The molecule has 4 bridgehead atoms. The molecule has 0 atom stereocenters. The lowest BCUT2D eigenvalue weighted by atomic mass is 9.49. The van der Waals surface area contributed by atoms with Crippen molar-refractivity contribution in [2.24, 2.45) is 23.2 Å². The molecule has 1 heterocycles. The van der Waals surface area contributed by atoms with Crippen LogP contribution in [0.2, 0.25) is 0 Å². The topological polar surface area (TPSA) is 96.7 Å². The summed E-state index contributed by atoms with van der Waals surface area (Å²) in [6, 6.07) is 0. The Morgan fingerprint density at radius 2 is 1.80 bits per heavy atom. The van der Waals surface area contributed by atoms with E-state index in [2.05, 4.69) is 20.5 Å². The average Bonchev–Trinajstić information content (AvgIpc) is 2.38. The summed E-state index contributed by atoms with van der Waals surface area (Å²) in [5, 5.41) is 9.30. The van der Waals surface area contributed by atoms with Crippen molar-refractivity contribution in [2.75, 3.05) is 17.6 Å². The maximum absolute atomic E-state index is 11.2. The minimum absolute atomic E-state index is 0.273. The highest BCUT2D eigenvalue weighted by Gasteiger charge is 2.50. The summed E-state index contributed by atoms with van der Waals surface area (Å²) >= 11 is 0. The molecule has 0 aliphatic heterocycles. The summed E-state index contributed by atoms with van der Waals surface area (Å²) in [6.45, 7) is 0.874. The zero-order valence-corrected chi connectivity index (χ0v) is 11.6. The number of nitrogens with zero attached hydrogens (tertiary/aromatic N) is 2. The zero-order valence-electron chi connectivity index (χ0n) is 11.6. The SMILES string of the molecule is Nc1n[nH]c(=O)nc1NCC12CC3CC(CC(C3)C1)C2. The largest absolute Gasteiger partial charge is 0.379 e. The van der Waals surface area contributed by atoms with E-state index >= 15 is 0 Å². The van der Waals surface area contributed by atoms with Crippen molar-refractivity contribution in [3.8, 4) is 0 Å². The van der Waals surface area contributed by atoms with Crippen molar-refractivity contribution in [3.05, 3.63) is 10.5 Å². The fourth-order valence-electron chi connectivity index (χ4n) is 5.25. The number of nitrogen functional groups attached to an aromatic ring is 1. The first-order valence-electron chi connectivity index (χ1n) is 7.58. The number of nitrogens with one attached hydrogen (secondary N) is 2. The van der Waals surface area contributed by atoms with E-state index in [1.807, 2.05) is 0 Å². The van der Waals surface area contributed by atoms with Crippen LogP contribution in [0.15, 0.2) is 4.79 Å². The molecule has 0 amide bonds. The fourth-order valence-corrected chi connectivity index (χ4v) is 5.25.